The van der Waals surface area contributed by atoms with Crippen LogP contribution in [0.25, 0.3) is 22.3 Å². The number of benzene rings is 2. The Bertz CT molecular complexity index is 1490. The lowest BCUT2D eigenvalue weighted by molar-refractivity contribution is -0.277. The zero-order valence-corrected chi connectivity index (χ0v) is 22.1. The number of hydrogen-bond acceptors (Lipinski definition) is 16. The molecule has 43 heavy (non-hydrogen) atoms. The van der Waals surface area contributed by atoms with Crippen LogP contribution in [0.5, 0.6) is 23.0 Å². The first-order valence-corrected chi connectivity index (χ1v) is 13.0. The van der Waals surface area contributed by atoms with E-state index in [2.05, 4.69) is 0 Å². The fourth-order valence-corrected chi connectivity index (χ4v) is 4.83. The second-order valence-corrected chi connectivity index (χ2v) is 10.1. The Morgan fingerprint density at radius 2 is 1.23 bits per heavy atom. The SMILES string of the molecule is O=c1c(O[C@@H]2OC(CO)[C@H](O)C(O)C2O)c(-c2ccc(O[C@@H]3OC(CO)[C@@H](O)C(O)C3O)cc2)oc2cc(O)cc(O)c12. The van der Waals surface area contributed by atoms with Crippen LogP contribution in [-0.4, -0.2) is 126 Å². The van der Waals surface area contributed by atoms with Gasteiger partial charge in [-0.15, -0.1) is 0 Å². The molecule has 2 aliphatic heterocycles. The number of aliphatic hydroxyl groups is 8. The average molecular weight is 611 g/mol. The minimum Gasteiger partial charge on any atom is -0.508 e. The van der Waals surface area contributed by atoms with Crippen molar-refractivity contribution >= 4 is 11.0 Å². The lowest BCUT2D eigenvalue weighted by atomic mass is 9.99. The van der Waals surface area contributed by atoms with Gasteiger partial charge in [-0.3, -0.25) is 4.79 Å². The Balaban J connectivity index is 1.51. The van der Waals surface area contributed by atoms with Crippen molar-refractivity contribution in [2.45, 2.75) is 61.4 Å². The van der Waals surface area contributed by atoms with Gasteiger partial charge in [-0.1, -0.05) is 0 Å². The molecule has 16 nitrogen and oxygen atoms in total. The van der Waals surface area contributed by atoms with Gasteiger partial charge >= 0.3 is 0 Å². The van der Waals surface area contributed by atoms with Crippen molar-refractivity contribution in [1.29, 1.82) is 0 Å². The van der Waals surface area contributed by atoms with Gasteiger partial charge in [0.25, 0.3) is 0 Å². The lowest BCUT2D eigenvalue weighted by Gasteiger charge is -2.39. The summed E-state index contributed by atoms with van der Waals surface area (Å²) in [5, 5.41) is 99.7. The van der Waals surface area contributed by atoms with Crippen molar-refractivity contribution < 1.29 is 74.4 Å². The van der Waals surface area contributed by atoms with Gasteiger partial charge in [0.15, 0.2) is 5.76 Å². The van der Waals surface area contributed by atoms with Crippen LogP contribution < -0.4 is 14.9 Å². The van der Waals surface area contributed by atoms with Crippen LogP contribution in [0.4, 0.5) is 0 Å². The normalized spacial score (nSPS) is 32.9. The van der Waals surface area contributed by atoms with Crippen molar-refractivity contribution in [3.63, 3.8) is 0 Å². The van der Waals surface area contributed by atoms with E-state index < -0.39 is 103 Å². The lowest BCUT2D eigenvalue weighted by Crippen LogP contribution is -2.60. The number of hydrogen-bond donors (Lipinski definition) is 10. The maximum atomic E-state index is 13.6. The van der Waals surface area contributed by atoms with Gasteiger partial charge in [0.05, 0.1) is 13.2 Å². The molecule has 2 fully saturated rings. The van der Waals surface area contributed by atoms with E-state index in [1.54, 1.807) is 0 Å². The predicted octanol–water partition coefficient (Wildman–Crippen LogP) is -2.77. The second-order valence-electron chi connectivity index (χ2n) is 10.1. The summed E-state index contributed by atoms with van der Waals surface area (Å²) in [7, 11) is 0. The number of rotatable bonds is 7. The van der Waals surface area contributed by atoms with Gasteiger partial charge in [0.1, 0.15) is 77.0 Å². The minimum absolute atomic E-state index is 0.0721. The third kappa shape index (κ3) is 5.73. The molecule has 0 amide bonds. The third-order valence-electron chi connectivity index (χ3n) is 7.22. The molecule has 16 heteroatoms. The first kappa shape index (κ1) is 30.9. The van der Waals surface area contributed by atoms with Gasteiger partial charge in [-0.2, -0.15) is 0 Å². The smallest absolute Gasteiger partial charge is 0.239 e. The molecule has 234 valence electrons. The highest BCUT2D eigenvalue weighted by Crippen LogP contribution is 2.38. The summed E-state index contributed by atoms with van der Waals surface area (Å²) in [6.45, 7) is -1.42. The Kier molecular flexibility index (Phi) is 8.77. The molecule has 0 radical (unpaired) electrons. The first-order valence-electron chi connectivity index (χ1n) is 13.0. The zero-order chi connectivity index (χ0) is 31.2. The predicted molar refractivity (Wildman–Crippen MR) is 140 cm³/mol. The number of aliphatic hydroxyl groups excluding tert-OH is 8. The summed E-state index contributed by atoms with van der Waals surface area (Å²) in [5.74, 6) is -1.91. The van der Waals surface area contributed by atoms with E-state index in [0.29, 0.717) is 0 Å². The third-order valence-corrected chi connectivity index (χ3v) is 7.22. The van der Waals surface area contributed by atoms with Crippen molar-refractivity contribution in [3.8, 4) is 34.3 Å². The summed E-state index contributed by atoms with van der Waals surface area (Å²) < 4.78 is 27.7. The second kappa shape index (κ2) is 12.2. The van der Waals surface area contributed by atoms with Crippen LogP contribution in [0.2, 0.25) is 0 Å². The van der Waals surface area contributed by atoms with E-state index in [1.165, 1.54) is 24.3 Å². The number of fused-ring (bicyclic) bond motifs is 1. The monoisotopic (exact) mass is 610 g/mol. The molecule has 0 bridgehead atoms. The number of ether oxygens (including phenoxy) is 4. The Hall–Kier alpha value is -3.55. The van der Waals surface area contributed by atoms with E-state index in [0.717, 1.165) is 12.1 Å². The minimum atomic E-state index is -1.89. The van der Waals surface area contributed by atoms with E-state index in [4.69, 9.17) is 23.4 Å². The number of phenols is 2. The van der Waals surface area contributed by atoms with Crippen molar-refractivity contribution in [2.24, 2.45) is 0 Å². The summed E-state index contributed by atoms with van der Waals surface area (Å²) in [5.41, 5.74) is -1.07. The molecule has 0 aliphatic carbocycles. The van der Waals surface area contributed by atoms with Crippen LogP contribution >= 0.6 is 0 Å². The molecular weight excluding hydrogens is 580 g/mol. The Labute approximate surface area is 241 Å². The van der Waals surface area contributed by atoms with E-state index in [1.807, 2.05) is 0 Å². The molecule has 10 N–H and O–H groups in total. The summed E-state index contributed by atoms with van der Waals surface area (Å²) >= 11 is 0. The largest absolute Gasteiger partial charge is 0.508 e. The highest BCUT2D eigenvalue weighted by atomic mass is 16.7. The Morgan fingerprint density at radius 1 is 0.698 bits per heavy atom. The van der Waals surface area contributed by atoms with Gasteiger partial charge in [0.2, 0.25) is 23.8 Å². The molecule has 2 aliphatic rings. The molecule has 0 spiro atoms. The van der Waals surface area contributed by atoms with Crippen LogP contribution in [0, 0.1) is 0 Å². The van der Waals surface area contributed by atoms with Crippen LogP contribution in [0.1, 0.15) is 0 Å². The topological polar surface area (TPSA) is 269 Å². The zero-order valence-electron chi connectivity index (χ0n) is 22.1. The summed E-state index contributed by atoms with van der Waals surface area (Å²) in [6.07, 6.45) is -16.2. The van der Waals surface area contributed by atoms with Crippen molar-refractivity contribution in [2.75, 3.05) is 13.2 Å². The molecule has 5 rings (SSSR count). The van der Waals surface area contributed by atoms with E-state index in [-0.39, 0.29) is 22.7 Å². The molecular formula is C27H30O16. The van der Waals surface area contributed by atoms with Crippen LogP contribution in [0.3, 0.4) is 0 Å². The Morgan fingerprint density at radius 3 is 1.77 bits per heavy atom. The highest BCUT2D eigenvalue weighted by Gasteiger charge is 2.46. The molecule has 3 aromatic rings. The summed E-state index contributed by atoms with van der Waals surface area (Å²) in [4.78, 5) is 13.6. The fourth-order valence-electron chi connectivity index (χ4n) is 4.83. The van der Waals surface area contributed by atoms with E-state index in [9.17, 15) is 55.9 Å². The fraction of sp³-hybridized carbons (Fsp3) is 0.444. The van der Waals surface area contributed by atoms with Gasteiger partial charge in [-0.05, 0) is 24.3 Å². The van der Waals surface area contributed by atoms with Gasteiger partial charge < -0.3 is 74.4 Å². The quantitative estimate of drug-likeness (QED) is 0.130. The molecule has 1 aromatic heterocycles. The first-order chi connectivity index (χ1) is 20.4. The van der Waals surface area contributed by atoms with Crippen LogP contribution in [0.15, 0.2) is 45.6 Å². The summed E-state index contributed by atoms with van der Waals surface area (Å²) in [6, 6.07) is 7.38. The van der Waals surface area contributed by atoms with E-state index >= 15 is 0 Å². The maximum absolute atomic E-state index is 13.6. The molecule has 3 heterocycles. The molecule has 0 saturated carbocycles. The van der Waals surface area contributed by atoms with Gasteiger partial charge in [-0.25, -0.2) is 0 Å². The molecule has 2 saturated heterocycles. The standard InChI is InChI=1S/C27H30O16/c28-7-14-17(32)20(35)22(37)26(41-14)39-11-3-1-9(2-4-11)24-25(19(34)16-12(31)5-10(30)6-13(16)40-24)43-27-23(38)21(36)18(33)15(8-29)42-27/h1-6,14-15,17-18,20-23,26-33,35-38H,7-8H2/t14?,15?,17-,18+,20?,21?,22?,23?,26-,27+/m1/s1. The number of aromatic hydroxyl groups is 2. The van der Waals surface area contributed by atoms with Crippen molar-refractivity contribution in [1.82, 2.24) is 0 Å². The average Bonchev–Trinajstić information content (AvgIpc) is 2.98. The number of phenolic OH excluding ortho intramolecular Hbond substituents is 2. The van der Waals surface area contributed by atoms with Gasteiger partial charge in [0, 0.05) is 17.7 Å². The highest BCUT2D eigenvalue weighted by molar-refractivity contribution is 5.88. The molecule has 2 aromatic carbocycles. The maximum Gasteiger partial charge on any atom is 0.239 e. The van der Waals surface area contributed by atoms with Crippen LogP contribution in [-0.2, 0) is 9.47 Å². The van der Waals surface area contributed by atoms with Crippen molar-refractivity contribution in [3.05, 3.63) is 46.6 Å². The molecule has 10 atom stereocenters. The molecule has 6 unspecified atom stereocenters.